The number of morpholine rings is 1. The molecule has 1 amide bonds. The van der Waals surface area contributed by atoms with Crippen molar-refractivity contribution in [1.29, 1.82) is 0 Å². The predicted octanol–water partition coefficient (Wildman–Crippen LogP) is 1.44. The van der Waals surface area contributed by atoms with Gasteiger partial charge in [0.2, 0.25) is 5.91 Å². The van der Waals surface area contributed by atoms with E-state index in [4.69, 9.17) is 15.2 Å². The van der Waals surface area contributed by atoms with Crippen molar-refractivity contribution in [1.82, 2.24) is 9.88 Å². The number of hydrogen-bond acceptors (Lipinski definition) is 7. The van der Waals surface area contributed by atoms with Gasteiger partial charge in [0, 0.05) is 38.2 Å². The molecule has 3 atom stereocenters. The summed E-state index contributed by atoms with van der Waals surface area (Å²) in [7, 11) is 0. The number of hydrogen-bond donors (Lipinski definition) is 2. The minimum absolute atomic E-state index is 0.151. The van der Waals surface area contributed by atoms with Gasteiger partial charge in [0.05, 0.1) is 23.9 Å². The Bertz CT molecular complexity index is 566. The van der Waals surface area contributed by atoms with Gasteiger partial charge in [-0.2, -0.15) is 0 Å². The standard InChI is InChI=1S/C17H28N4O3S/c1-11-7-21(8-12(2)24-11)9-14-10-25-17(19-14)20-16(22)15(18)13-3-5-23-6-4-13/h10-13,15H,3-9,18H2,1-2H3,(H,19,20,22). The molecule has 1 aromatic heterocycles. The lowest BCUT2D eigenvalue weighted by Crippen LogP contribution is -2.45. The second-order valence-electron chi connectivity index (χ2n) is 7.06. The Hall–Kier alpha value is -1.06. The van der Waals surface area contributed by atoms with Crippen LogP contribution in [-0.2, 0) is 20.8 Å². The Morgan fingerprint density at radius 2 is 2.08 bits per heavy atom. The number of carbonyl (C=O) groups is 1. The fourth-order valence-corrected chi connectivity index (χ4v) is 4.26. The fourth-order valence-electron chi connectivity index (χ4n) is 3.56. The Morgan fingerprint density at radius 3 is 2.76 bits per heavy atom. The van der Waals surface area contributed by atoms with Gasteiger partial charge in [0.15, 0.2) is 5.13 Å². The normalized spacial score (nSPS) is 27.2. The number of anilines is 1. The third-order valence-corrected chi connectivity index (χ3v) is 5.55. The monoisotopic (exact) mass is 368 g/mol. The number of rotatable bonds is 5. The van der Waals surface area contributed by atoms with Crippen molar-refractivity contribution in [3.05, 3.63) is 11.1 Å². The van der Waals surface area contributed by atoms with Crippen LogP contribution < -0.4 is 11.1 Å². The highest BCUT2D eigenvalue weighted by Gasteiger charge is 2.27. The third kappa shape index (κ3) is 5.21. The molecule has 0 aromatic carbocycles. The summed E-state index contributed by atoms with van der Waals surface area (Å²) in [5, 5.41) is 5.50. The average Bonchev–Trinajstić information content (AvgIpc) is 3.00. The first-order valence-corrected chi connectivity index (χ1v) is 9.85. The van der Waals surface area contributed by atoms with Gasteiger partial charge >= 0.3 is 0 Å². The molecule has 0 saturated carbocycles. The van der Waals surface area contributed by atoms with E-state index in [1.54, 1.807) is 0 Å². The number of thiazole rings is 1. The summed E-state index contributed by atoms with van der Waals surface area (Å²) >= 11 is 1.45. The summed E-state index contributed by atoms with van der Waals surface area (Å²) < 4.78 is 11.1. The molecule has 2 fully saturated rings. The lowest BCUT2D eigenvalue weighted by atomic mass is 9.92. The maximum atomic E-state index is 12.4. The molecule has 3 N–H and O–H groups in total. The third-order valence-electron chi connectivity index (χ3n) is 4.74. The Balaban J connectivity index is 1.51. The van der Waals surface area contributed by atoms with E-state index in [0.717, 1.165) is 38.2 Å². The summed E-state index contributed by atoms with van der Waals surface area (Å²) in [5.74, 6) is 0.0333. The fraction of sp³-hybridized carbons (Fsp3) is 0.765. The van der Waals surface area contributed by atoms with Crippen molar-refractivity contribution >= 4 is 22.4 Å². The largest absolute Gasteiger partial charge is 0.381 e. The molecule has 2 saturated heterocycles. The zero-order valence-corrected chi connectivity index (χ0v) is 15.8. The summed E-state index contributed by atoms with van der Waals surface area (Å²) in [6.45, 7) is 8.12. The highest BCUT2D eigenvalue weighted by atomic mass is 32.1. The zero-order chi connectivity index (χ0) is 17.8. The molecule has 140 valence electrons. The first-order valence-electron chi connectivity index (χ1n) is 8.97. The highest BCUT2D eigenvalue weighted by molar-refractivity contribution is 7.13. The molecular formula is C17H28N4O3S. The van der Waals surface area contributed by atoms with E-state index in [-0.39, 0.29) is 24.0 Å². The maximum Gasteiger partial charge on any atom is 0.243 e. The second kappa shape index (κ2) is 8.55. The molecule has 2 aliphatic rings. The lowest BCUT2D eigenvalue weighted by Gasteiger charge is -2.34. The number of nitrogens with zero attached hydrogens (tertiary/aromatic N) is 2. The smallest absolute Gasteiger partial charge is 0.243 e. The van der Waals surface area contributed by atoms with Crippen LogP contribution in [0.25, 0.3) is 0 Å². The van der Waals surface area contributed by atoms with Gasteiger partial charge in [-0.3, -0.25) is 9.69 Å². The van der Waals surface area contributed by atoms with Crippen LogP contribution in [0.15, 0.2) is 5.38 Å². The number of nitrogens with two attached hydrogens (primary N) is 1. The van der Waals surface area contributed by atoms with Crippen LogP contribution in [0.4, 0.5) is 5.13 Å². The molecule has 3 heterocycles. The van der Waals surface area contributed by atoms with Crippen molar-refractivity contribution in [2.24, 2.45) is 11.7 Å². The minimum atomic E-state index is -0.503. The van der Waals surface area contributed by atoms with Gasteiger partial charge in [-0.15, -0.1) is 11.3 Å². The zero-order valence-electron chi connectivity index (χ0n) is 14.9. The maximum absolute atomic E-state index is 12.4. The molecule has 25 heavy (non-hydrogen) atoms. The van der Waals surface area contributed by atoms with Crippen molar-refractivity contribution in [3.8, 4) is 0 Å². The van der Waals surface area contributed by atoms with Crippen LogP contribution in [-0.4, -0.2) is 60.3 Å². The average molecular weight is 369 g/mol. The van der Waals surface area contributed by atoms with E-state index in [2.05, 4.69) is 29.0 Å². The number of nitrogens with one attached hydrogen (secondary N) is 1. The first kappa shape index (κ1) is 18.7. The molecule has 3 unspecified atom stereocenters. The summed E-state index contributed by atoms with van der Waals surface area (Å²) in [5.41, 5.74) is 7.09. The van der Waals surface area contributed by atoms with Gasteiger partial charge in [0.25, 0.3) is 0 Å². The molecule has 0 bridgehead atoms. The number of amides is 1. The number of aromatic nitrogens is 1. The first-order chi connectivity index (χ1) is 12.0. The molecule has 8 heteroatoms. The van der Waals surface area contributed by atoms with Crippen LogP contribution in [0.1, 0.15) is 32.4 Å². The van der Waals surface area contributed by atoms with Gasteiger partial charge in [-0.1, -0.05) is 0 Å². The van der Waals surface area contributed by atoms with Crippen molar-refractivity contribution in [3.63, 3.8) is 0 Å². The molecule has 1 aromatic rings. The van der Waals surface area contributed by atoms with E-state index in [9.17, 15) is 4.79 Å². The van der Waals surface area contributed by atoms with Crippen LogP contribution in [0.5, 0.6) is 0 Å². The Morgan fingerprint density at radius 1 is 1.40 bits per heavy atom. The van der Waals surface area contributed by atoms with Gasteiger partial charge in [-0.05, 0) is 32.6 Å². The highest BCUT2D eigenvalue weighted by Crippen LogP contribution is 2.22. The molecular weight excluding hydrogens is 340 g/mol. The van der Waals surface area contributed by atoms with Crippen LogP contribution in [0.3, 0.4) is 0 Å². The molecule has 0 aliphatic carbocycles. The van der Waals surface area contributed by atoms with Crippen LogP contribution in [0, 0.1) is 5.92 Å². The van der Waals surface area contributed by atoms with E-state index in [1.165, 1.54) is 11.3 Å². The van der Waals surface area contributed by atoms with Crippen LogP contribution in [0.2, 0.25) is 0 Å². The number of carbonyl (C=O) groups excluding carboxylic acids is 1. The molecule has 0 spiro atoms. The summed E-state index contributed by atoms with van der Waals surface area (Å²) in [6, 6.07) is -0.503. The quantitative estimate of drug-likeness (QED) is 0.817. The van der Waals surface area contributed by atoms with Gasteiger partial charge in [-0.25, -0.2) is 4.98 Å². The van der Waals surface area contributed by atoms with Crippen LogP contribution >= 0.6 is 11.3 Å². The molecule has 7 nitrogen and oxygen atoms in total. The predicted molar refractivity (Wildman–Crippen MR) is 97.5 cm³/mol. The lowest BCUT2D eigenvalue weighted by molar-refractivity contribution is -0.119. The minimum Gasteiger partial charge on any atom is -0.381 e. The van der Waals surface area contributed by atoms with E-state index < -0.39 is 6.04 Å². The Kier molecular flexibility index (Phi) is 6.40. The Labute approximate surface area is 152 Å². The van der Waals surface area contributed by atoms with Gasteiger partial charge < -0.3 is 20.5 Å². The van der Waals surface area contributed by atoms with Crippen molar-refractivity contribution < 1.29 is 14.3 Å². The van der Waals surface area contributed by atoms with Gasteiger partial charge in [0.1, 0.15) is 0 Å². The topological polar surface area (TPSA) is 89.7 Å². The van der Waals surface area contributed by atoms with E-state index in [1.807, 2.05) is 5.38 Å². The van der Waals surface area contributed by atoms with Crippen molar-refractivity contribution in [2.45, 2.75) is 51.5 Å². The van der Waals surface area contributed by atoms with E-state index in [0.29, 0.717) is 18.3 Å². The SMILES string of the molecule is CC1CN(Cc2csc(NC(=O)C(N)C3CCOCC3)n2)CC(C)O1. The summed E-state index contributed by atoms with van der Waals surface area (Å²) in [4.78, 5) is 19.2. The van der Waals surface area contributed by atoms with Crippen molar-refractivity contribution in [2.75, 3.05) is 31.6 Å². The second-order valence-corrected chi connectivity index (χ2v) is 7.92. The molecule has 3 rings (SSSR count). The molecule has 2 aliphatic heterocycles. The van der Waals surface area contributed by atoms with E-state index >= 15 is 0 Å². The molecule has 0 radical (unpaired) electrons. The number of ether oxygens (including phenoxy) is 2. The summed E-state index contributed by atoms with van der Waals surface area (Å²) in [6.07, 6.45) is 2.15.